The lowest BCUT2D eigenvalue weighted by Gasteiger charge is -2.13. The highest BCUT2D eigenvalue weighted by Gasteiger charge is 2.13. The zero-order chi connectivity index (χ0) is 21.6. The molecular formula is C26H32N2O2. The molecule has 158 valence electrons. The third-order valence-corrected chi connectivity index (χ3v) is 4.97. The molecule has 0 heterocycles. The third-order valence-electron chi connectivity index (χ3n) is 4.97. The van der Waals surface area contributed by atoms with E-state index in [4.69, 9.17) is 4.74 Å². The van der Waals surface area contributed by atoms with E-state index in [1.54, 1.807) is 6.08 Å². The van der Waals surface area contributed by atoms with E-state index in [1.165, 1.54) is 32.1 Å². The quantitative estimate of drug-likeness (QED) is 0.260. The molecule has 0 fully saturated rings. The molecule has 0 spiro atoms. The van der Waals surface area contributed by atoms with Crippen molar-refractivity contribution in [2.24, 2.45) is 0 Å². The van der Waals surface area contributed by atoms with Crippen molar-refractivity contribution in [2.45, 2.75) is 58.4 Å². The van der Waals surface area contributed by atoms with Gasteiger partial charge in [-0.2, -0.15) is 5.26 Å². The highest BCUT2D eigenvalue weighted by molar-refractivity contribution is 6.01. The van der Waals surface area contributed by atoms with Crippen molar-refractivity contribution >= 4 is 12.0 Å². The van der Waals surface area contributed by atoms with Crippen molar-refractivity contribution < 1.29 is 9.53 Å². The second-order valence-electron chi connectivity index (χ2n) is 7.46. The van der Waals surface area contributed by atoms with Crippen LogP contribution < -0.4 is 10.1 Å². The van der Waals surface area contributed by atoms with Crippen LogP contribution in [0.1, 0.15) is 69.5 Å². The molecule has 0 bridgehead atoms. The number of benzene rings is 2. The summed E-state index contributed by atoms with van der Waals surface area (Å²) in [5.41, 5.74) is 1.87. The van der Waals surface area contributed by atoms with Crippen molar-refractivity contribution in [1.29, 1.82) is 5.26 Å². The molecule has 0 radical (unpaired) electrons. The summed E-state index contributed by atoms with van der Waals surface area (Å²) in [5, 5.41) is 12.3. The molecule has 1 amide bonds. The molecule has 2 rings (SSSR count). The number of carbonyl (C=O) groups excluding carboxylic acids is 1. The molecule has 1 atom stereocenters. The molecule has 2 aromatic rings. The Morgan fingerprint density at radius 3 is 2.37 bits per heavy atom. The normalized spacial score (nSPS) is 12.1. The number of amides is 1. The van der Waals surface area contributed by atoms with Gasteiger partial charge in [0.1, 0.15) is 17.4 Å². The van der Waals surface area contributed by atoms with E-state index in [0.29, 0.717) is 6.61 Å². The summed E-state index contributed by atoms with van der Waals surface area (Å²) in [4.78, 5) is 12.5. The van der Waals surface area contributed by atoms with E-state index in [-0.39, 0.29) is 17.5 Å². The maximum Gasteiger partial charge on any atom is 0.262 e. The Bertz CT molecular complexity index is 836. The average Bonchev–Trinajstić information content (AvgIpc) is 2.78. The average molecular weight is 405 g/mol. The lowest BCUT2D eigenvalue weighted by molar-refractivity contribution is -0.117. The van der Waals surface area contributed by atoms with Crippen LogP contribution in [-0.2, 0) is 4.79 Å². The van der Waals surface area contributed by atoms with E-state index in [2.05, 4.69) is 12.2 Å². The van der Waals surface area contributed by atoms with Gasteiger partial charge in [0.05, 0.1) is 12.6 Å². The molecule has 30 heavy (non-hydrogen) atoms. The van der Waals surface area contributed by atoms with Gasteiger partial charge in [0.15, 0.2) is 0 Å². The lowest BCUT2D eigenvalue weighted by Crippen LogP contribution is -2.27. The van der Waals surface area contributed by atoms with Gasteiger partial charge >= 0.3 is 0 Å². The van der Waals surface area contributed by atoms with Crippen LogP contribution in [0.2, 0.25) is 0 Å². The summed E-state index contributed by atoms with van der Waals surface area (Å²) in [5.74, 6) is 0.429. The van der Waals surface area contributed by atoms with Gasteiger partial charge in [-0.3, -0.25) is 4.79 Å². The Morgan fingerprint density at radius 2 is 1.70 bits per heavy atom. The van der Waals surface area contributed by atoms with Crippen molar-refractivity contribution in [3.05, 3.63) is 71.3 Å². The van der Waals surface area contributed by atoms with Gasteiger partial charge in [-0.25, -0.2) is 0 Å². The largest absolute Gasteiger partial charge is 0.494 e. The predicted molar refractivity (Wildman–Crippen MR) is 122 cm³/mol. The number of carbonyl (C=O) groups is 1. The van der Waals surface area contributed by atoms with Gasteiger partial charge in [0, 0.05) is 0 Å². The van der Waals surface area contributed by atoms with Crippen LogP contribution in [0.15, 0.2) is 60.2 Å². The summed E-state index contributed by atoms with van der Waals surface area (Å²) < 4.78 is 5.78. The van der Waals surface area contributed by atoms with Gasteiger partial charge in [0.25, 0.3) is 5.91 Å². The number of nitrogens with zero attached hydrogens (tertiary/aromatic N) is 1. The second-order valence-corrected chi connectivity index (χ2v) is 7.46. The number of unbranched alkanes of at least 4 members (excludes halogenated alkanes) is 5. The maximum atomic E-state index is 12.5. The number of nitriles is 1. The van der Waals surface area contributed by atoms with E-state index >= 15 is 0 Å². The Morgan fingerprint density at radius 1 is 1.03 bits per heavy atom. The molecule has 4 nitrogen and oxygen atoms in total. The van der Waals surface area contributed by atoms with E-state index in [0.717, 1.165) is 23.3 Å². The highest BCUT2D eigenvalue weighted by atomic mass is 16.5. The SMILES string of the molecule is CCCCCCCCOc1ccc(/C=C(\C#N)C(=O)N[C@H](C)c2ccccc2)cc1. The molecule has 0 saturated carbocycles. The third kappa shape index (κ3) is 8.13. The van der Waals surface area contributed by atoms with Crippen molar-refractivity contribution in [2.75, 3.05) is 6.61 Å². The Labute approximate surface area is 180 Å². The standard InChI is InChI=1S/C26H32N2O2/c1-3-4-5-6-7-11-18-30-25-16-14-22(15-17-25)19-24(20-27)26(29)28-21(2)23-12-9-8-10-13-23/h8-10,12-17,19,21H,3-7,11,18H2,1-2H3,(H,28,29)/b24-19+/t21-/m1/s1. The van der Waals surface area contributed by atoms with Crippen LogP contribution in [0, 0.1) is 11.3 Å². The smallest absolute Gasteiger partial charge is 0.262 e. The van der Waals surface area contributed by atoms with Crippen molar-refractivity contribution in [3.63, 3.8) is 0 Å². The van der Waals surface area contributed by atoms with Crippen LogP contribution in [0.3, 0.4) is 0 Å². The summed E-state index contributed by atoms with van der Waals surface area (Å²) in [6.07, 6.45) is 9.00. The fourth-order valence-corrected chi connectivity index (χ4v) is 3.15. The summed E-state index contributed by atoms with van der Waals surface area (Å²) >= 11 is 0. The van der Waals surface area contributed by atoms with E-state index in [1.807, 2.05) is 67.6 Å². The molecular weight excluding hydrogens is 372 g/mol. The van der Waals surface area contributed by atoms with E-state index < -0.39 is 0 Å². The molecule has 0 aliphatic rings. The minimum absolute atomic E-state index is 0.0820. The highest BCUT2D eigenvalue weighted by Crippen LogP contribution is 2.17. The van der Waals surface area contributed by atoms with Crippen LogP contribution >= 0.6 is 0 Å². The van der Waals surface area contributed by atoms with Crippen LogP contribution in [0.5, 0.6) is 5.75 Å². The molecule has 1 N–H and O–H groups in total. The van der Waals surface area contributed by atoms with Gasteiger partial charge in [0.2, 0.25) is 0 Å². The van der Waals surface area contributed by atoms with Crippen LogP contribution in [0.4, 0.5) is 0 Å². The second kappa shape index (κ2) is 13.2. The molecule has 4 heteroatoms. The summed E-state index contributed by atoms with van der Waals surface area (Å²) in [6.45, 7) is 4.84. The van der Waals surface area contributed by atoms with Crippen molar-refractivity contribution in [3.8, 4) is 11.8 Å². The van der Waals surface area contributed by atoms with Gasteiger partial charge in [-0.05, 0) is 42.7 Å². The Balaban J connectivity index is 1.85. The fraction of sp³-hybridized carbons (Fsp3) is 0.385. The van der Waals surface area contributed by atoms with Crippen LogP contribution in [0.25, 0.3) is 6.08 Å². The minimum atomic E-state index is -0.378. The Hall–Kier alpha value is -3.06. The number of rotatable bonds is 12. The molecule has 0 aliphatic heterocycles. The zero-order valence-corrected chi connectivity index (χ0v) is 18.1. The lowest BCUT2D eigenvalue weighted by atomic mass is 10.1. The number of hydrogen-bond donors (Lipinski definition) is 1. The van der Waals surface area contributed by atoms with Crippen LogP contribution in [-0.4, -0.2) is 12.5 Å². The first-order valence-corrected chi connectivity index (χ1v) is 10.8. The first-order chi connectivity index (χ1) is 14.6. The van der Waals surface area contributed by atoms with Gasteiger partial charge in [-0.1, -0.05) is 81.5 Å². The monoisotopic (exact) mass is 404 g/mol. The Kier molecular flexibility index (Phi) is 10.2. The fourth-order valence-electron chi connectivity index (χ4n) is 3.15. The molecule has 0 aromatic heterocycles. The molecule has 0 aliphatic carbocycles. The first-order valence-electron chi connectivity index (χ1n) is 10.8. The van der Waals surface area contributed by atoms with Gasteiger partial charge < -0.3 is 10.1 Å². The molecule has 2 aromatic carbocycles. The molecule has 0 unspecified atom stereocenters. The first kappa shape index (κ1) is 23.2. The predicted octanol–water partition coefficient (Wildman–Crippen LogP) is 6.21. The van der Waals surface area contributed by atoms with Gasteiger partial charge in [-0.15, -0.1) is 0 Å². The zero-order valence-electron chi connectivity index (χ0n) is 18.1. The van der Waals surface area contributed by atoms with E-state index in [9.17, 15) is 10.1 Å². The number of hydrogen-bond acceptors (Lipinski definition) is 3. The van der Waals surface area contributed by atoms with Crippen molar-refractivity contribution in [1.82, 2.24) is 5.32 Å². The summed E-state index contributed by atoms with van der Waals surface area (Å²) in [7, 11) is 0. The summed E-state index contributed by atoms with van der Waals surface area (Å²) in [6, 6.07) is 19.0. The minimum Gasteiger partial charge on any atom is -0.494 e. The number of nitrogens with one attached hydrogen (secondary N) is 1. The molecule has 0 saturated heterocycles. The number of ether oxygens (including phenoxy) is 1. The maximum absolute atomic E-state index is 12.5. The topological polar surface area (TPSA) is 62.1 Å².